The van der Waals surface area contributed by atoms with Crippen molar-refractivity contribution in [3.8, 4) is 0 Å². The van der Waals surface area contributed by atoms with E-state index in [1.54, 1.807) is 0 Å². The molecule has 0 aliphatic heterocycles. The summed E-state index contributed by atoms with van der Waals surface area (Å²) in [7, 11) is 0. The normalized spacial score (nSPS) is 11.6. The Morgan fingerprint density at radius 3 is 2.19 bits per heavy atom. The number of aryl methyl sites for hydroxylation is 3. The SMILES string of the molecule is Cc1cc(C)c(NC(C)(C)CCN)cc1C. The zero-order valence-electron chi connectivity index (χ0n) is 11.1. The molecule has 1 rings (SSSR count). The maximum Gasteiger partial charge on any atom is 0.0376 e. The Labute approximate surface area is 99.2 Å². The fourth-order valence-corrected chi connectivity index (χ4v) is 1.88. The number of nitrogens with two attached hydrogens (primary N) is 1. The van der Waals surface area contributed by atoms with Crippen LogP contribution in [0.4, 0.5) is 5.69 Å². The summed E-state index contributed by atoms with van der Waals surface area (Å²) in [6, 6.07) is 4.46. The molecule has 0 amide bonds. The lowest BCUT2D eigenvalue weighted by atomic mass is 9.98. The van der Waals surface area contributed by atoms with Gasteiger partial charge in [-0.15, -0.1) is 0 Å². The second-order valence-electron chi connectivity index (χ2n) is 5.30. The predicted molar refractivity (Wildman–Crippen MR) is 72.0 cm³/mol. The topological polar surface area (TPSA) is 38.0 Å². The number of hydrogen-bond donors (Lipinski definition) is 2. The molecule has 0 radical (unpaired) electrons. The molecule has 0 saturated heterocycles. The first-order chi connectivity index (χ1) is 7.35. The van der Waals surface area contributed by atoms with E-state index < -0.39 is 0 Å². The first-order valence-corrected chi connectivity index (χ1v) is 5.92. The molecule has 0 heterocycles. The molecule has 0 fully saturated rings. The third-order valence-electron chi connectivity index (χ3n) is 3.08. The van der Waals surface area contributed by atoms with Crippen LogP contribution in [0.5, 0.6) is 0 Å². The molecule has 2 heteroatoms. The van der Waals surface area contributed by atoms with E-state index in [1.807, 2.05) is 0 Å². The summed E-state index contributed by atoms with van der Waals surface area (Å²) in [4.78, 5) is 0. The fourth-order valence-electron chi connectivity index (χ4n) is 1.88. The number of nitrogens with one attached hydrogen (secondary N) is 1. The third-order valence-corrected chi connectivity index (χ3v) is 3.08. The molecular weight excluding hydrogens is 196 g/mol. The summed E-state index contributed by atoms with van der Waals surface area (Å²) in [5.41, 5.74) is 10.9. The molecular formula is C14H24N2. The van der Waals surface area contributed by atoms with Crippen molar-refractivity contribution >= 4 is 5.69 Å². The van der Waals surface area contributed by atoms with Crippen LogP contribution in [0.25, 0.3) is 0 Å². The van der Waals surface area contributed by atoms with Gasteiger partial charge in [0.25, 0.3) is 0 Å². The summed E-state index contributed by atoms with van der Waals surface area (Å²) >= 11 is 0. The third kappa shape index (κ3) is 3.24. The van der Waals surface area contributed by atoms with Gasteiger partial charge in [0.1, 0.15) is 0 Å². The molecule has 0 spiro atoms. The molecule has 0 unspecified atom stereocenters. The Bertz CT molecular complexity index is 367. The van der Waals surface area contributed by atoms with Crippen LogP contribution in [0.1, 0.15) is 37.0 Å². The highest BCUT2D eigenvalue weighted by atomic mass is 15.0. The van der Waals surface area contributed by atoms with Gasteiger partial charge in [-0.1, -0.05) is 6.07 Å². The van der Waals surface area contributed by atoms with E-state index in [4.69, 9.17) is 5.73 Å². The summed E-state index contributed by atoms with van der Waals surface area (Å²) in [6.45, 7) is 11.5. The minimum absolute atomic E-state index is 0.0568. The Hall–Kier alpha value is -1.02. The summed E-state index contributed by atoms with van der Waals surface area (Å²) in [5.74, 6) is 0. The number of anilines is 1. The molecule has 0 aromatic heterocycles. The molecule has 0 bridgehead atoms. The molecule has 0 atom stereocenters. The van der Waals surface area contributed by atoms with Crippen molar-refractivity contribution in [1.82, 2.24) is 0 Å². The molecule has 0 aliphatic carbocycles. The molecule has 0 aliphatic rings. The first-order valence-electron chi connectivity index (χ1n) is 5.92. The van der Waals surface area contributed by atoms with Gasteiger partial charge in [0.2, 0.25) is 0 Å². The lowest BCUT2D eigenvalue weighted by Crippen LogP contribution is -2.33. The van der Waals surface area contributed by atoms with Gasteiger partial charge in [-0.25, -0.2) is 0 Å². The summed E-state index contributed by atoms with van der Waals surface area (Å²) in [5, 5.41) is 3.58. The van der Waals surface area contributed by atoms with E-state index in [1.165, 1.54) is 22.4 Å². The van der Waals surface area contributed by atoms with Crippen LogP contribution in [-0.4, -0.2) is 12.1 Å². The molecule has 1 aromatic rings. The maximum atomic E-state index is 5.62. The predicted octanol–water partition coefficient (Wildman–Crippen LogP) is 3.15. The molecule has 90 valence electrons. The van der Waals surface area contributed by atoms with Gasteiger partial charge in [0.05, 0.1) is 0 Å². The van der Waals surface area contributed by atoms with Crippen molar-refractivity contribution < 1.29 is 0 Å². The summed E-state index contributed by atoms with van der Waals surface area (Å²) < 4.78 is 0. The largest absolute Gasteiger partial charge is 0.380 e. The van der Waals surface area contributed by atoms with Crippen LogP contribution in [-0.2, 0) is 0 Å². The second kappa shape index (κ2) is 4.88. The highest BCUT2D eigenvalue weighted by Crippen LogP contribution is 2.24. The van der Waals surface area contributed by atoms with Crippen molar-refractivity contribution in [2.45, 2.75) is 46.6 Å². The molecule has 1 aromatic carbocycles. The van der Waals surface area contributed by atoms with E-state index in [0.29, 0.717) is 6.54 Å². The van der Waals surface area contributed by atoms with Crippen LogP contribution in [0.3, 0.4) is 0 Å². The second-order valence-corrected chi connectivity index (χ2v) is 5.30. The average molecular weight is 220 g/mol. The highest BCUT2D eigenvalue weighted by Gasteiger charge is 2.17. The minimum Gasteiger partial charge on any atom is -0.380 e. The average Bonchev–Trinajstić information content (AvgIpc) is 2.13. The standard InChI is InChI=1S/C14H24N2/c1-10-8-12(3)13(9-11(10)2)16-14(4,5)6-7-15/h8-9,16H,6-7,15H2,1-5H3. The van der Waals surface area contributed by atoms with E-state index in [9.17, 15) is 0 Å². The van der Waals surface area contributed by atoms with Crippen LogP contribution >= 0.6 is 0 Å². The van der Waals surface area contributed by atoms with Crippen LogP contribution in [0.15, 0.2) is 12.1 Å². The van der Waals surface area contributed by atoms with E-state index in [0.717, 1.165) is 6.42 Å². The number of benzene rings is 1. The number of hydrogen-bond acceptors (Lipinski definition) is 2. The Kier molecular flexibility index (Phi) is 3.98. The summed E-state index contributed by atoms with van der Waals surface area (Å²) in [6.07, 6.45) is 0.972. The molecule has 0 saturated carbocycles. The van der Waals surface area contributed by atoms with Crippen molar-refractivity contribution in [1.29, 1.82) is 0 Å². The lowest BCUT2D eigenvalue weighted by molar-refractivity contribution is 0.526. The van der Waals surface area contributed by atoms with Crippen LogP contribution in [0, 0.1) is 20.8 Å². The van der Waals surface area contributed by atoms with Gasteiger partial charge in [0.15, 0.2) is 0 Å². The Morgan fingerprint density at radius 1 is 1.06 bits per heavy atom. The van der Waals surface area contributed by atoms with Gasteiger partial charge in [-0.2, -0.15) is 0 Å². The Balaban J connectivity index is 2.93. The smallest absolute Gasteiger partial charge is 0.0376 e. The van der Waals surface area contributed by atoms with Gasteiger partial charge >= 0.3 is 0 Å². The van der Waals surface area contributed by atoms with Crippen molar-refractivity contribution in [3.05, 3.63) is 28.8 Å². The highest BCUT2D eigenvalue weighted by molar-refractivity contribution is 5.56. The van der Waals surface area contributed by atoms with E-state index >= 15 is 0 Å². The fraction of sp³-hybridized carbons (Fsp3) is 0.571. The van der Waals surface area contributed by atoms with Gasteiger partial charge in [-0.3, -0.25) is 0 Å². The van der Waals surface area contributed by atoms with Crippen LogP contribution < -0.4 is 11.1 Å². The van der Waals surface area contributed by atoms with Crippen LogP contribution in [0.2, 0.25) is 0 Å². The van der Waals surface area contributed by atoms with E-state index in [-0.39, 0.29) is 5.54 Å². The molecule has 16 heavy (non-hydrogen) atoms. The molecule has 2 nitrogen and oxygen atoms in total. The van der Waals surface area contributed by atoms with Crippen molar-refractivity contribution in [2.24, 2.45) is 5.73 Å². The zero-order valence-corrected chi connectivity index (χ0v) is 11.1. The van der Waals surface area contributed by atoms with Gasteiger partial charge in [0, 0.05) is 11.2 Å². The lowest BCUT2D eigenvalue weighted by Gasteiger charge is -2.28. The zero-order chi connectivity index (χ0) is 12.3. The monoisotopic (exact) mass is 220 g/mol. The minimum atomic E-state index is 0.0568. The maximum absolute atomic E-state index is 5.62. The quantitative estimate of drug-likeness (QED) is 0.818. The first kappa shape index (κ1) is 13.0. The molecule has 3 N–H and O–H groups in total. The Morgan fingerprint density at radius 2 is 1.62 bits per heavy atom. The van der Waals surface area contributed by atoms with Crippen molar-refractivity contribution in [3.63, 3.8) is 0 Å². The van der Waals surface area contributed by atoms with Crippen molar-refractivity contribution in [2.75, 3.05) is 11.9 Å². The van der Waals surface area contributed by atoms with Gasteiger partial charge in [-0.05, 0) is 70.3 Å². The number of rotatable bonds is 4. The van der Waals surface area contributed by atoms with E-state index in [2.05, 4.69) is 52.1 Å². The van der Waals surface area contributed by atoms with Gasteiger partial charge < -0.3 is 11.1 Å².